The zero-order valence-corrected chi connectivity index (χ0v) is 13.6. The van der Waals surface area contributed by atoms with Crippen LogP contribution < -0.4 is 0 Å². The zero-order valence-electron chi connectivity index (χ0n) is 12.8. The van der Waals surface area contributed by atoms with Crippen LogP contribution in [0.15, 0.2) is 58.3 Å². The molecule has 1 aromatic heterocycles. The third kappa shape index (κ3) is 2.39. The predicted octanol–water partition coefficient (Wildman–Crippen LogP) is 3.03. The van der Waals surface area contributed by atoms with Crippen molar-refractivity contribution in [3.8, 4) is 5.69 Å². The molecule has 0 unspecified atom stereocenters. The molecule has 0 saturated carbocycles. The topological polar surface area (TPSA) is 73.8 Å². The molecule has 0 bridgehead atoms. The van der Waals surface area contributed by atoms with E-state index in [1.165, 1.54) is 22.3 Å². The van der Waals surface area contributed by atoms with Crippen molar-refractivity contribution in [3.05, 3.63) is 59.4 Å². The summed E-state index contributed by atoms with van der Waals surface area (Å²) >= 11 is 1.24. The fraction of sp³-hybridized carbons (Fsp3) is 0.0588. The number of nitrogens with one attached hydrogen (secondary N) is 1. The molecule has 0 aliphatic carbocycles. The van der Waals surface area contributed by atoms with Crippen LogP contribution in [0.3, 0.4) is 0 Å². The molecule has 1 amide bonds. The first kappa shape index (κ1) is 14.6. The number of carbonyl (C=O) groups excluding carboxylic acids is 1. The van der Waals surface area contributed by atoms with Gasteiger partial charge in [-0.2, -0.15) is 15.1 Å². The Morgan fingerprint density at radius 1 is 1.21 bits per heavy atom. The number of carbonyl (C=O) groups is 1. The molecule has 1 N–H and O–H groups in total. The van der Waals surface area contributed by atoms with E-state index in [2.05, 4.69) is 10.1 Å². The van der Waals surface area contributed by atoms with Crippen molar-refractivity contribution >= 4 is 40.3 Å². The molecule has 0 fully saturated rings. The van der Waals surface area contributed by atoms with Crippen LogP contribution in [0.25, 0.3) is 11.8 Å². The van der Waals surface area contributed by atoms with Gasteiger partial charge in [-0.15, -0.1) is 0 Å². The van der Waals surface area contributed by atoms with Gasteiger partial charge in [-0.05, 0) is 49.0 Å². The van der Waals surface area contributed by atoms with Crippen LogP contribution in [-0.2, 0) is 4.79 Å². The predicted molar refractivity (Wildman–Crippen MR) is 96.6 cm³/mol. The molecular formula is C17H13N5OS. The van der Waals surface area contributed by atoms with Crippen LogP contribution in [0.2, 0.25) is 0 Å². The van der Waals surface area contributed by atoms with Crippen LogP contribution in [-0.4, -0.2) is 32.0 Å². The van der Waals surface area contributed by atoms with Gasteiger partial charge in [-0.1, -0.05) is 17.7 Å². The molecule has 118 valence electrons. The summed E-state index contributed by atoms with van der Waals surface area (Å²) in [6.45, 7) is 2.04. The van der Waals surface area contributed by atoms with Gasteiger partial charge in [0.2, 0.25) is 0 Å². The summed E-state index contributed by atoms with van der Waals surface area (Å²) in [5, 5.41) is 14.1. The van der Waals surface area contributed by atoms with Gasteiger partial charge >= 0.3 is 0 Å². The zero-order chi connectivity index (χ0) is 16.7. The van der Waals surface area contributed by atoms with Gasteiger partial charge < -0.3 is 4.57 Å². The van der Waals surface area contributed by atoms with Gasteiger partial charge in [-0.25, -0.2) is 0 Å². The Morgan fingerprint density at radius 2 is 2.00 bits per heavy atom. The third-order valence-corrected chi connectivity index (χ3v) is 4.46. The molecule has 3 heterocycles. The second-order valence-electron chi connectivity index (χ2n) is 5.40. The second kappa shape index (κ2) is 5.61. The van der Waals surface area contributed by atoms with Crippen molar-refractivity contribution in [2.75, 3.05) is 0 Å². The highest BCUT2D eigenvalue weighted by Crippen LogP contribution is 2.25. The molecule has 2 aliphatic heterocycles. The molecule has 2 aromatic rings. The van der Waals surface area contributed by atoms with E-state index in [9.17, 15) is 4.79 Å². The van der Waals surface area contributed by atoms with Gasteiger partial charge in [0, 0.05) is 17.6 Å². The van der Waals surface area contributed by atoms with Gasteiger partial charge in [0.25, 0.3) is 5.91 Å². The maximum absolute atomic E-state index is 12.3. The lowest BCUT2D eigenvalue weighted by atomic mass is 10.1. The van der Waals surface area contributed by atoms with Gasteiger partial charge in [0.05, 0.1) is 11.1 Å². The molecule has 6 nitrogen and oxygen atoms in total. The largest absolute Gasteiger partial charge is 0.317 e. The minimum atomic E-state index is -0.416. The molecule has 0 saturated heterocycles. The number of rotatable bonds is 2. The smallest absolute Gasteiger partial charge is 0.283 e. The highest BCUT2D eigenvalue weighted by molar-refractivity contribution is 8.25. The fourth-order valence-corrected chi connectivity index (χ4v) is 3.15. The van der Waals surface area contributed by atoms with Crippen molar-refractivity contribution in [2.24, 2.45) is 10.1 Å². The van der Waals surface area contributed by atoms with E-state index in [1.807, 2.05) is 54.1 Å². The normalized spacial score (nSPS) is 18.3. The van der Waals surface area contributed by atoms with Crippen LogP contribution in [0.1, 0.15) is 11.3 Å². The first-order valence-corrected chi connectivity index (χ1v) is 8.19. The number of aliphatic imine (C=N–C) groups is 1. The van der Waals surface area contributed by atoms with E-state index in [-0.39, 0.29) is 11.4 Å². The Balaban J connectivity index is 1.76. The van der Waals surface area contributed by atoms with Crippen molar-refractivity contribution < 1.29 is 4.79 Å². The lowest BCUT2D eigenvalue weighted by molar-refractivity contribution is -0.114. The molecule has 0 spiro atoms. The number of aryl methyl sites for hydroxylation is 1. The molecule has 24 heavy (non-hydrogen) atoms. The Labute approximate surface area is 142 Å². The van der Waals surface area contributed by atoms with Gasteiger partial charge in [0.1, 0.15) is 0 Å². The number of hydrogen-bond donors (Lipinski definition) is 1. The summed E-state index contributed by atoms with van der Waals surface area (Å²) in [7, 11) is 0. The Bertz CT molecular complexity index is 936. The summed E-state index contributed by atoms with van der Waals surface area (Å²) in [4.78, 5) is 16.3. The van der Waals surface area contributed by atoms with E-state index in [1.54, 1.807) is 11.6 Å². The second-order valence-corrected chi connectivity index (χ2v) is 6.21. The number of fused-ring (bicyclic) bond motifs is 1. The minimum absolute atomic E-state index is 0.0444. The van der Waals surface area contributed by atoms with Crippen LogP contribution in [0.4, 0.5) is 0 Å². The Kier molecular flexibility index (Phi) is 3.42. The van der Waals surface area contributed by atoms with E-state index in [4.69, 9.17) is 5.41 Å². The van der Waals surface area contributed by atoms with E-state index < -0.39 is 5.91 Å². The fourth-order valence-electron chi connectivity index (χ4n) is 2.54. The van der Waals surface area contributed by atoms with Gasteiger partial charge in [-0.3, -0.25) is 10.2 Å². The van der Waals surface area contributed by atoms with E-state index in [0.29, 0.717) is 5.17 Å². The van der Waals surface area contributed by atoms with Crippen LogP contribution >= 0.6 is 11.8 Å². The Hall–Kier alpha value is -2.93. The average molecular weight is 335 g/mol. The number of nitrogens with zero attached hydrogens (tertiary/aromatic N) is 4. The standard InChI is InChI=1S/C17H13N5OS/c1-11-4-6-12(7-5-11)21-8-2-3-13(21)9-14-15(18)22-17(20-16(14)23)24-10-19-22/h2-10,18H,1H3/b14-9+,18-15?. The average Bonchev–Trinajstić information content (AvgIpc) is 3.21. The summed E-state index contributed by atoms with van der Waals surface area (Å²) in [6, 6.07) is 11.9. The SMILES string of the molecule is Cc1ccc(-n2cccc2/C=C2\C(=N)N3N=CSC3=NC2=O)cc1. The highest BCUT2D eigenvalue weighted by Gasteiger charge is 2.32. The molecule has 1 aromatic carbocycles. The van der Waals surface area contributed by atoms with Crippen LogP contribution in [0.5, 0.6) is 0 Å². The first-order chi connectivity index (χ1) is 11.6. The number of hydrazone groups is 1. The van der Waals surface area contributed by atoms with E-state index in [0.717, 1.165) is 11.4 Å². The first-order valence-electron chi connectivity index (χ1n) is 7.31. The molecule has 7 heteroatoms. The van der Waals surface area contributed by atoms with Crippen LogP contribution in [0, 0.1) is 12.3 Å². The molecular weight excluding hydrogens is 322 g/mol. The number of thioether (sulfide) groups is 1. The highest BCUT2D eigenvalue weighted by atomic mass is 32.2. The monoisotopic (exact) mass is 335 g/mol. The molecule has 0 radical (unpaired) electrons. The molecule has 4 rings (SSSR count). The number of amidine groups is 2. The van der Waals surface area contributed by atoms with Gasteiger partial charge in [0.15, 0.2) is 11.0 Å². The van der Waals surface area contributed by atoms with Crippen molar-refractivity contribution in [2.45, 2.75) is 6.92 Å². The van der Waals surface area contributed by atoms with Crippen molar-refractivity contribution in [3.63, 3.8) is 0 Å². The maximum Gasteiger partial charge on any atom is 0.283 e. The number of hydrogen-bond acceptors (Lipinski definition) is 4. The summed E-state index contributed by atoms with van der Waals surface area (Å²) in [6.07, 6.45) is 3.61. The lowest BCUT2D eigenvalue weighted by Crippen LogP contribution is -2.35. The van der Waals surface area contributed by atoms with E-state index >= 15 is 0 Å². The minimum Gasteiger partial charge on any atom is -0.317 e. The molecule has 0 atom stereocenters. The summed E-state index contributed by atoms with van der Waals surface area (Å²) < 4.78 is 1.97. The Morgan fingerprint density at radius 3 is 2.79 bits per heavy atom. The number of aromatic nitrogens is 1. The quantitative estimate of drug-likeness (QED) is 0.857. The van der Waals surface area contributed by atoms with Crippen molar-refractivity contribution in [1.82, 2.24) is 9.58 Å². The maximum atomic E-state index is 12.3. The summed E-state index contributed by atoms with van der Waals surface area (Å²) in [5.74, 6) is -0.371. The molecule has 2 aliphatic rings. The lowest BCUT2D eigenvalue weighted by Gasteiger charge is -2.20. The summed E-state index contributed by atoms with van der Waals surface area (Å²) in [5.41, 5.74) is 4.78. The third-order valence-electron chi connectivity index (χ3n) is 3.78. The number of amides is 1. The number of benzene rings is 1. The van der Waals surface area contributed by atoms with Crippen molar-refractivity contribution in [1.29, 1.82) is 5.41 Å².